The first-order chi connectivity index (χ1) is 9.66. The molecular weight excluding hydrogens is 248 g/mol. The Kier molecular flexibility index (Phi) is 4.34. The van der Waals surface area contributed by atoms with Crippen LogP contribution in [0.3, 0.4) is 0 Å². The molecule has 3 fully saturated rings. The third-order valence-corrected chi connectivity index (χ3v) is 6.01. The fraction of sp³-hybridized carbons (Fsp3) is 0.941. The molecule has 2 N–H and O–H groups in total. The molecule has 114 valence electrons. The molecule has 3 nitrogen and oxygen atoms in total. The second-order valence-corrected chi connectivity index (χ2v) is 7.43. The monoisotopic (exact) mass is 278 g/mol. The van der Waals surface area contributed by atoms with Crippen LogP contribution < -0.4 is 5.73 Å². The Hall–Kier alpha value is -0.570. The zero-order valence-electron chi connectivity index (χ0n) is 12.9. The Morgan fingerprint density at radius 2 is 1.75 bits per heavy atom. The molecular formula is C17H30N2O. The lowest BCUT2D eigenvalue weighted by Crippen LogP contribution is -2.43. The highest BCUT2D eigenvalue weighted by molar-refractivity contribution is 5.81. The summed E-state index contributed by atoms with van der Waals surface area (Å²) in [5, 5.41) is 0. The van der Waals surface area contributed by atoms with Gasteiger partial charge in [0.25, 0.3) is 0 Å². The van der Waals surface area contributed by atoms with Crippen molar-refractivity contribution in [3.05, 3.63) is 0 Å². The number of carbonyl (C=O) groups excluding carboxylic acids is 1. The average molecular weight is 278 g/mol. The minimum absolute atomic E-state index is 0.281. The van der Waals surface area contributed by atoms with E-state index in [2.05, 4.69) is 11.8 Å². The molecule has 0 radical (unpaired) electrons. The normalized spacial score (nSPS) is 34.0. The van der Waals surface area contributed by atoms with Crippen LogP contribution in [-0.2, 0) is 4.79 Å². The van der Waals surface area contributed by atoms with Gasteiger partial charge in [0.2, 0.25) is 5.91 Å². The largest absolute Gasteiger partial charge is 0.342 e. The Labute approximate surface area is 123 Å². The van der Waals surface area contributed by atoms with Crippen LogP contribution in [0.1, 0.15) is 58.3 Å². The van der Waals surface area contributed by atoms with E-state index in [1.165, 1.54) is 38.5 Å². The molecule has 3 heteroatoms. The Morgan fingerprint density at radius 1 is 1.10 bits per heavy atom. The summed E-state index contributed by atoms with van der Waals surface area (Å²) >= 11 is 0. The molecule has 3 atom stereocenters. The Morgan fingerprint density at radius 3 is 2.35 bits per heavy atom. The van der Waals surface area contributed by atoms with Crippen molar-refractivity contribution in [2.24, 2.45) is 29.4 Å². The van der Waals surface area contributed by atoms with Crippen LogP contribution in [0.4, 0.5) is 0 Å². The van der Waals surface area contributed by atoms with Crippen molar-refractivity contribution in [3.63, 3.8) is 0 Å². The number of carbonyl (C=O) groups is 1. The maximum absolute atomic E-state index is 12.6. The summed E-state index contributed by atoms with van der Waals surface area (Å²) in [4.78, 5) is 14.7. The van der Waals surface area contributed by atoms with Crippen LogP contribution >= 0.6 is 0 Å². The lowest BCUT2D eigenvalue weighted by molar-refractivity contribution is -0.134. The minimum Gasteiger partial charge on any atom is -0.342 e. The first kappa shape index (κ1) is 14.4. The van der Waals surface area contributed by atoms with Crippen molar-refractivity contribution in [2.45, 2.75) is 64.3 Å². The summed E-state index contributed by atoms with van der Waals surface area (Å²) in [5.74, 6) is 3.05. The van der Waals surface area contributed by atoms with Gasteiger partial charge < -0.3 is 10.6 Å². The van der Waals surface area contributed by atoms with Gasteiger partial charge in [0.1, 0.15) is 0 Å². The van der Waals surface area contributed by atoms with Gasteiger partial charge in [-0.15, -0.1) is 0 Å². The third-order valence-electron chi connectivity index (χ3n) is 6.01. The summed E-state index contributed by atoms with van der Waals surface area (Å²) in [7, 11) is 0. The minimum atomic E-state index is 0.281. The standard InChI is InChI=1S/C17H30N2O/c1-12(18)13-7-9-19(10-8-13)17(20)16-11-15(16)14-5-3-2-4-6-14/h12-16H,2-11,18H2,1H3. The van der Waals surface area contributed by atoms with Crippen LogP contribution in [0.5, 0.6) is 0 Å². The van der Waals surface area contributed by atoms with Crippen molar-refractivity contribution < 1.29 is 4.79 Å². The van der Waals surface area contributed by atoms with Crippen LogP contribution in [0.15, 0.2) is 0 Å². The first-order valence-electron chi connectivity index (χ1n) is 8.71. The van der Waals surface area contributed by atoms with E-state index < -0.39 is 0 Å². The van der Waals surface area contributed by atoms with E-state index in [0.29, 0.717) is 17.7 Å². The molecule has 0 aromatic rings. The maximum atomic E-state index is 12.6. The van der Waals surface area contributed by atoms with Gasteiger partial charge in [-0.25, -0.2) is 0 Å². The van der Waals surface area contributed by atoms with Gasteiger partial charge in [-0.05, 0) is 43.9 Å². The molecule has 1 aliphatic heterocycles. The number of amides is 1. The summed E-state index contributed by atoms with van der Waals surface area (Å²) in [6.45, 7) is 3.99. The summed E-state index contributed by atoms with van der Waals surface area (Å²) in [5.41, 5.74) is 5.98. The molecule has 0 aromatic carbocycles. The second-order valence-electron chi connectivity index (χ2n) is 7.43. The highest BCUT2D eigenvalue weighted by Crippen LogP contribution is 2.50. The van der Waals surface area contributed by atoms with Crippen LogP contribution in [-0.4, -0.2) is 29.9 Å². The SMILES string of the molecule is CC(N)C1CCN(C(=O)C2CC2C2CCCCC2)CC1. The highest BCUT2D eigenvalue weighted by atomic mass is 16.2. The van der Waals surface area contributed by atoms with Gasteiger partial charge >= 0.3 is 0 Å². The second kappa shape index (κ2) is 6.05. The number of nitrogens with zero attached hydrogens (tertiary/aromatic N) is 1. The molecule has 0 spiro atoms. The van der Waals surface area contributed by atoms with E-state index in [1.54, 1.807) is 0 Å². The fourth-order valence-electron chi connectivity index (χ4n) is 4.46. The number of piperidine rings is 1. The quantitative estimate of drug-likeness (QED) is 0.863. The van der Waals surface area contributed by atoms with Crippen molar-refractivity contribution in [1.29, 1.82) is 0 Å². The van der Waals surface area contributed by atoms with E-state index in [4.69, 9.17) is 5.73 Å². The van der Waals surface area contributed by atoms with Crippen molar-refractivity contribution in [3.8, 4) is 0 Å². The van der Waals surface area contributed by atoms with E-state index >= 15 is 0 Å². The molecule has 3 aliphatic rings. The molecule has 1 heterocycles. The molecule has 2 aliphatic carbocycles. The molecule has 3 unspecified atom stereocenters. The van der Waals surface area contributed by atoms with E-state index in [0.717, 1.165) is 37.8 Å². The molecule has 0 bridgehead atoms. The maximum Gasteiger partial charge on any atom is 0.225 e. The fourth-order valence-corrected chi connectivity index (χ4v) is 4.46. The number of rotatable bonds is 3. The topological polar surface area (TPSA) is 46.3 Å². The zero-order valence-corrected chi connectivity index (χ0v) is 12.9. The van der Waals surface area contributed by atoms with Gasteiger partial charge in [-0.3, -0.25) is 4.79 Å². The van der Waals surface area contributed by atoms with E-state index in [-0.39, 0.29) is 6.04 Å². The zero-order chi connectivity index (χ0) is 14.1. The molecule has 20 heavy (non-hydrogen) atoms. The predicted molar refractivity (Wildman–Crippen MR) is 81.1 cm³/mol. The molecule has 3 rings (SSSR count). The average Bonchev–Trinajstić information content (AvgIpc) is 3.28. The molecule has 1 amide bonds. The van der Waals surface area contributed by atoms with Crippen molar-refractivity contribution in [1.82, 2.24) is 4.90 Å². The number of hydrogen-bond acceptors (Lipinski definition) is 2. The van der Waals surface area contributed by atoms with Gasteiger partial charge in [0.05, 0.1) is 0 Å². The Balaban J connectivity index is 1.46. The van der Waals surface area contributed by atoms with Crippen LogP contribution in [0, 0.1) is 23.7 Å². The van der Waals surface area contributed by atoms with Crippen molar-refractivity contribution >= 4 is 5.91 Å². The Bertz CT molecular complexity index is 341. The lowest BCUT2D eigenvalue weighted by atomic mass is 9.85. The van der Waals surface area contributed by atoms with Crippen LogP contribution in [0.2, 0.25) is 0 Å². The third kappa shape index (κ3) is 3.03. The van der Waals surface area contributed by atoms with Crippen LogP contribution in [0.25, 0.3) is 0 Å². The predicted octanol–water partition coefficient (Wildman–Crippen LogP) is 2.79. The summed E-state index contributed by atoms with van der Waals surface area (Å²) in [6, 6.07) is 0.281. The summed E-state index contributed by atoms with van der Waals surface area (Å²) in [6.07, 6.45) is 10.3. The number of hydrogen-bond donors (Lipinski definition) is 1. The van der Waals surface area contributed by atoms with Gasteiger partial charge in [0, 0.05) is 25.0 Å². The van der Waals surface area contributed by atoms with Gasteiger partial charge in [0.15, 0.2) is 0 Å². The summed E-state index contributed by atoms with van der Waals surface area (Å²) < 4.78 is 0. The van der Waals surface area contributed by atoms with Crippen molar-refractivity contribution in [2.75, 3.05) is 13.1 Å². The first-order valence-corrected chi connectivity index (χ1v) is 8.71. The molecule has 0 aromatic heterocycles. The highest BCUT2D eigenvalue weighted by Gasteiger charge is 2.49. The van der Waals surface area contributed by atoms with E-state index in [1.807, 2.05) is 0 Å². The van der Waals surface area contributed by atoms with Gasteiger partial charge in [-0.1, -0.05) is 32.1 Å². The smallest absolute Gasteiger partial charge is 0.225 e. The number of nitrogens with two attached hydrogens (primary N) is 1. The number of likely N-dealkylation sites (tertiary alicyclic amines) is 1. The van der Waals surface area contributed by atoms with Gasteiger partial charge in [-0.2, -0.15) is 0 Å². The lowest BCUT2D eigenvalue weighted by Gasteiger charge is -2.34. The van der Waals surface area contributed by atoms with E-state index in [9.17, 15) is 4.79 Å². The molecule has 1 saturated heterocycles. The molecule has 2 saturated carbocycles.